The number of fused-ring (bicyclic) bond motifs is 2. The van der Waals surface area contributed by atoms with Crippen molar-refractivity contribution in [3.05, 3.63) is 70.5 Å². The van der Waals surface area contributed by atoms with Gasteiger partial charge < -0.3 is 10.0 Å². The van der Waals surface area contributed by atoms with Crippen LogP contribution < -0.4 is 0 Å². The molecule has 128 valence electrons. The highest BCUT2D eigenvalue weighted by atomic mass is 19.1. The number of nitriles is 1. The first-order chi connectivity index (χ1) is 12.1. The lowest BCUT2D eigenvalue weighted by Crippen LogP contribution is -2.43. The van der Waals surface area contributed by atoms with Gasteiger partial charge in [-0.1, -0.05) is 30.3 Å². The molecule has 4 heteroatoms. The predicted molar refractivity (Wildman–Crippen MR) is 93.2 cm³/mol. The van der Waals surface area contributed by atoms with Crippen LogP contribution in [0.1, 0.15) is 35.1 Å². The maximum Gasteiger partial charge on any atom is 0.179 e. The van der Waals surface area contributed by atoms with Crippen LogP contribution in [0.2, 0.25) is 0 Å². The van der Waals surface area contributed by atoms with Crippen molar-refractivity contribution >= 4 is 0 Å². The average Bonchev–Trinajstić information content (AvgIpc) is 2.78. The number of aryl methyl sites for hydroxylation is 2. The van der Waals surface area contributed by atoms with Crippen LogP contribution in [0.25, 0.3) is 0 Å². The zero-order valence-electron chi connectivity index (χ0n) is 14.1. The summed E-state index contributed by atoms with van der Waals surface area (Å²) in [6, 6.07) is 12.8. The van der Waals surface area contributed by atoms with Crippen molar-refractivity contribution in [1.82, 2.24) is 4.90 Å². The van der Waals surface area contributed by atoms with Crippen LogP contribution in [0.3, 0.4) is 0 Å². The zero-order chi connectivity index (χ0) is 17.4. The lowest BCUT2D eigenvalue weighted by Gasteiger charge is -2.42. The standard InChI is InChI=1S/C21H21FN2O/c22-18-8-7-16-6-5-15-3-1-2-4-19(15)21(25,20(16)13-18)17-9-11-24(14-23)12-10-17/h1-4,7-8,13,17,25H,5-6,9-12H2. The minimum atomic E-state index is -1.20. The summed E-state index contributed by atoms with van der Waals surface area (Å²) >= 11 is 0. The topological polar surface area (TPSA) is 47.3 Å². The van der Waals surface area contributed by atoms with Gasteiger partial charge in [-0.2, -0.15) is 5.26 Å². The monoisotopic (exact) mass is 336 g/mol. The van der Waals surface area contributed by atoms with Gasteiger partial charge in [-0.15, -0.1) is 0 Å². The SMILES string of the molecule is N#CN1CCC(C2(O)c3ccccc3CCc3ccc(F)cc32)CC1. The van der Waals surface area contributed by atoms with Gasteiger partial charge in [0.05, 0.1) is 0 Å². The fraction of sp³-hybridized carbons (Fsp3) is 0.381. The molecular formula is C21H21FN2O. The van der Waals surface area contributed by atoms with Crippen LogP contribution in [-0.2, 0) is 18.4 Å². The Morgan fingerprint density at radius 1 is 1.04 bits per heavy atom. The number of likely N-dealkylation sites (tertiary alicyclic amines) is 1. The van der Waals surface area contributed by atoms with Crippen molar-refractivity contribution in [2.24, 2.45) is 5.92 Å². The lowest BCUT2D eigenvalue weighted by atomic mass is 9.70. The summed E-state index contributed by atoms with van der Waals surface area (Å²) in [5, 5.41) is 21.1. The number of benzene rings is 2. The summed E-state index contributed by atoms with van der Waals surface area (Å²) < 4.78 is 14.1. The van der Waals surface area contributed by atoms with E-state index in [1.807, 2.05) is 24.3 Å². The molecule has 1 saturated heterocycles. The molecule has 3 nitrogen and oxygen atoms in total. The van der Waals surface area contributed by atoms with E-state index in [1.165, 1.54) is 12.1 Å². The summed E-state index contributed by atoms with van der Waals surface area (Å²) in [5.41, 5.74) is 2.54. The Balaban J connectivity index is 1.87. The molecule has 4 rings (SSSR count). The van der Waals surface area contributed by atoms with E-state index in [-0.39, 0.29) is 11.7 Å². The van der Waals surface area contributed by atoms with Crippen molar-refractivity contribution in [1.29, 1.82) is 5.26 Å². The highest BCUT2D eigenvalue weighted by Crippen LogP contribution is 2.46. The molecule has 0 bridgehead atoms. The molecule has 25 heavy (non-hydrogen) atoms. The van der Waals surface area contributed by atoms with Crippen molar-refractivity contribution in [2.45, 2.75) is 31.3 Å². The molecular weight excluding hydrogens is 315 g/mol. The number of halogens is 1. The van der Waals surface area contributed by atoms with E-state index >= 15 is 0 Å². The largest absolute Gasteiger partial charge is 0.380 e. The maximum atomic E-state index is 14.1. The normalized spacial score (nSPS) is 23.3. The highest BCUT2D eigenvalue weighted by molar-refractivity contribution is 5.48. The molecule has 2 aromatic rings. The first kappa shape index (κ1) is 16.1. The minimum absolute atomic E-state index is 0.0306. The van der Waals surface area contributed by atoms with Crippen LogP contribution in [0.15, 0.2) is 42.5 Å². The third-order valence-corrected chi connectivity index (χ3v) is 5.80. The molecule has 1 aliphatic carbocycles. The van der Waals surface area contributed by atoms with Crippen LogP contribution in [0.4, 0.5) is 4.39 Å². The molecule has 1 atom stereocenters. The highest BCUT2D eigenvalue weighted by Gasteiger charge is 2.45. The molecule has 1 N–H and O–H groups in total. The molecule has 0 saturated carbocycles. The second-order valence-electron chi connectivity index (χ2n) is 7.09. The van der Waals surface area contributed by atoms with Gasteiger partial charge in [0.15, 0.2) is 6.19 Å². The second kappa shape index (κ2) is 6.16. The van der Waals surface area contributed by atoms with Crippen molar-refractivity contribution < 1.29 is 9.50 Å². The van der Waals surface area contributed by atoms with Crippen LogP contribution in [-0.4, -0.2) is 23.1 Å². The van der Waals surface area contributed by atoms with Crippen LogP contribution in [0, 0.1) is 23.2 Å². The summed E-state index contributed by atoms with van der Waals surface area (Å²) in [4.78, 5) is 1.73. The Kier molecular flexibility index (Phi) is 3.97. The number of hydrogen-bond donors (Lipinski definition) is 1. The fourth-order valence-electron chi connectivity index (χ4n) is 4.48. The Bertz CT molecular complexity index is 836. The smallest absolute Gasteiger partial charge is 0.179 e. The molecule has 1 fully saturated rings. The first-order valence-corrected chi connectivity index (χ1v) is 8.87. The molecule has 1 aliphatic heterocycles. The van der Waals surface area contributed by atoms with Crippen molar-refractivity contribution in [3.8, 4) is 6.19 Å². The Labute approximate surface area is 147 Å². The number of aliphatic hydroxyl groups is 1. The van der Waals surface area contributed by atoms with Gasteiger partial charge in [-0.05, 0) is 66.0 Å². The zero-order valence-corrected chi connectivity index (χ0v) is 14.1. The molecule has 1 heterocycles. The van der Waals surface area contributed by atoms with E-state index in [0.717, 1.165) is 29.5 Å². The third-order valence-electron chi connectivity index (χ3n) is 5.80. The van der Waals surface area contributed by atoms with Gasteiger partial charge in [0, 0.05) is 13.1 Å². The summed E-state index contributed by atoms with van der Waals surface area (Å²) in [6.07, 6.45) is 5.26. The van der Waals surface area contributed by atoms with Gasteiger partial charge in [0.25, 0.3) is 0 Å². The van der Waals surface area contributed by atoms with E-state index in [1.54, 1.807) is 4.90 Å². The van der Waals surface area contributed by atoms with Gasteiger partial charge >= 0.3 is 0 Å². The second-order valence-corrected chi connectivity index (χ2v) is 7.09. The number of nitrogens with zero attached hydrogens (tertiary/aromatic N) is 2. The fourth-order valence-corrected chi connectivity index (χ4v) is 4.48. The molecule has 2 aromatic carbocycles. The van der Waals surface area contributed by atoms with E-state index in [0.29, 0.717) is 31.5 Å². The van der Waals surface area contributed by atoms with Gasteiger partial charge in [0.2, 0.25) is 0 Å². The minimum Gasteiger partial charge on any atom is -0.380 e. The molecule has 1 unspecified atom stereocenters. The van der Waals surface area contributed by atoms with E-state index < -0.39 is 5.60 Å². The maximum absolute atomic E-state index is 14.1. The molecule has 0 aromatic heterocycles. The van der Waals surface area contributed by atoms with Gasteiger partial charge in [-0.3, -0.25) is 0 Å². The van der Waals surface area contributed by atoms with E-state index in [9.17, 15) is 9.50 Å². The predicted octanol–water partition coefficient (Wildman–Crippen LogP) is 3.35. The third kappa shape index (κ3) is 2.60. The summed E-state index contributed by atoms with van der Waals surface area (Å²) in [6.45, 7) is 1.27. The molecule has 0 amide bonds. The first-order valence-electron chi connectivity index (χ1n) is 8.87. The van der Waals surface area contributed by atoms with E-state index in [2.05, 4.69) is 12.3 Å². The van der Waals surface area contributed by atoms with Crippen molar-refractivity contribution in [2.75, 3.05) is 13.1 Å². The van der Waals surface area contributed by atoms with Gasteiger partial charge in [0.1, 0.15) is 11.4 Å². The van der Waals surface area contributed by atoms with Gasteiger partial charge in [-0.25, -0.2) is 4.39 Å². The number of rotatable bonds is 1. The van der Waals surface area contributed by atoms with Crippen molar-refractivity contribution in [3.63, 3.8) is 0 Å². The van der Waals surface area contributed by atoms with E-state index in [4.69, 9.17) is 5.26 Å². The molecule has 0 spiro atoms. The summed E-state index contributed by atoms with van der Waals surface area (Å²) in [5.74, 6) is -0.345. The van der Waals surface area contributed by atoms with Crippen LogP contribution in [0.5, 0.6) is 0 Å². The average molecular weight is 336 g/mol. The lowest BCUT2D eigenvalue weighted by molar-refractivity contribution is -0.00846. The van der Waals surface area contributed by atoms with Crippen LogP contribution >= 0.6 is 0 Å². The molecule has 0 radical (unpaired) electrons. The number of piperidine rings is 1. The quantitative estimate of drug-likeness (QED) is 0.813. The summed E-state index contributed by atoms with van der Waals surface area (Å²) in [7, 11) is 0. The number of hydrogen-bond acceptors (Lipinski definition) is 3. The Hall–Kier alpha value is -2.38. The molecule has 2 aliphatic rings. The Morgan fingerprint density at radius 3 is 2.44 bits per heavy atom. The Morgan fingerprint density at radius 2 is 1.72 bits per heavy atom.